The number of rotatable bonds is 3. The molecule has 1 aliphatic rings. The van der Waals surface area contributed by atoms with E-state index in [-0.39, 0.29) is 16.3 Å². The molecule has 2 rings (SSSR count). The monoisotopic (exact) mass is 257 g/mol. The number of thiophene rings is 1. The third-order valence-corrected chi connectivity index (χ3v) is 5.45. The van der Waals surface area contributed by atoms with Gasteiger partial charge in [0.2, 0.25) is 10.0 Å². The molecule has 1 aromatic heterocycles. The van der Waals surface area contributed by atoms with Crippen LogP contribution in [0.5, 0.6) is 0 Å². The Kier molecular flexibility index (Phi) is 2.99. The molecule has 0 aliphatic heterocycles. The van der Waals surface area contributed by atoms with Gasteiger partial charge in [0.25, 0.3) is 0 Å². The second kappa shape index (κ2) is 4.14. The van der Waals surface area contributed by atoms with Gasteiger partial charge < -0.3 is 5.73 Å². The van der Waals surface area contributed by atoms with Crippen LogP contribution in [-0.2, 0) is 10.0 Å². The van der Waals surface area contributed by atoms with Gasteiger partial charge in [-0.15, -0.1) is 11.3 Å². The van der Waals surface area contributed by atoms with Gasteiger partial charge in [0, 0.05) is 12.1 Å². The first kappa shape index (κ1) is 11.5. The van der Waals surface area contributed by atoms with E-state index in [0.29, 0.717) is 17.7 Å². The van der Waals surface area contributed by atoms with Crippen LogP contribution in [0.1, 0.15) is 17.7 Å². The van der Waals surface area contributed by atoms with E-state index in [0.717, 1.165) is 11.3 Å². The van der Waals surface area contributed by atoms with Crippen molar-refractivity contribution in [2.24, 2.45) is 5.73 Å². The molecule has 16 heavy (non-hydrogen) atoms. The number of nitriles is 1. The Bertz CT molecular complexity index is 523. The Balaban J connectivity index is 2.10. The van der Waals surface area contributed by atoms with Crippen molar-refractivity contribution < 1.29 is 8.42 Å². The first-order valence-electron chi connectivity index (χ1n) is 4.79. The van der Waals surface area contributed by atoms with Crippen molar-refractivity contribution in [3.05, 3.63) is 17.0 Å². The molecule has 1 aliphatic carbocycles. The Morgan fingerprint density at radius 2 is 2.19 bits per heavy atom. The molecule has 0 bridgehead atoms. The molecule has 1 aromatic rings. The minimum atomic E-state index is -3.47. The van der Waals surface area contributed by atoms with Crippen LogP contribution < -0.4 is 10.5 Å². The fourth-order valence-corrected chi connectivity index (χ4v) is 3.94. The van der Waals surface area contributed by atoms with Crippen LogP contribution in [0.15, 0.2) is 16.3 Å². The molecule has 0 aromatic carbocycles. The Morgan fingerprint density at radius 3 is 2.69 bits per heavy atom. The Morgan fingerprint density at radius 1 is 1.50 bits per heavy atom. The summed E-state index contributed by atoms with van der Waals surface area (Å²) < 4.78 is 26.4. The summed E-state index contributed by atoms with van der Waals surface area (Å²) >= 11 is 0.974. The largest absolute Gasteiger partial charge is 0.328 e. The molecule has 0 unspecified atom stereocenters. The molecule has 5 nitrogen and oxygen atoms in total. The van der Waals surface area contributed by atoms with Crippen LogP contribution in [0.2, 0.25) is 0 Å². The standard InChI is InChI=1S/C9H11N3O2S2/c10-5-8-1-2-9(15-8)16(13,14)12-7-3-6(11)4-7/h1-2,6-7,12H,3-4,11H2. The molecular formula is C9H11N3O2S2. The lowest BCUT2D eigenvalue weighted by molar-refractivity contribution is 0.327. The van der Waals surface area contributed by atoms with E-state index in [2.05, 4.69) is 4.72 Å². The van der Waals surface area contributed by atoms with Gasteiger partial charge in [-0.3, -0.25) is 0 Å². The molecule has 0 amide bonds. The summed E-state index contributed by atoms with van der Waals surface area (Å²) in [7, 11) is -3.47. The summed E-state index contributed by atoms with van der Waals surface area (Å²) in [5.74, 6) is 0. The van der Waals surface area contributed by atoms with Gasteiger partial charge in [0.15, 0.2) is 0 Å². The lowest BCUT2D eigenvalue weighted by Crippen LogP contribution is -2.50. The average molecular weight is 257 g/mol. The Hall–Kier alpha value is -0.940. The zero-order chi connectivity index (χ0) is 11.8. The Labute approximate surface area is 97.9 Å². The number of nitrogens with zero attached hydrogens (tertiary/aromatic N) is 1. The summed E-state index contributed by atoms with van der Waals surface area (Å²) in [5, 5.41) is 8.62. The number of hydrogen-bond donors (Lipinski definition) is 2. The maximum atomic E-state index is 11.8. The van der Waals surface area contributed by atoms with Crippen molar-refractivity contribution in [2.45, 2.75) is 29.1 Å². The molecule has 0 atom stereocenters. The highest BCUT2D eigenvalue weighted by Gasteiger charge is 2.30. The fraction of sp³-hybridized carbons (Fsp3) is 0.444. The fourth-order valence-electron chi connectivity index (χ4n) is 1.56. The SMILES string of the molecule is N#Cc1ccc(S(=O)(=O)NC2CC(N)C2)s1. The smallest absolute Gasteiger partial charge is 0.250 e. The van der Waals surface area contributed by atoms with Crippen LogP contribution >= 0.6 is 11.3 Å². The van der Waals surface area contributed by atoms with E-state index in [1.807, 2.05) is 6.07 Å². The second-order valence-electron chi connectivity index (χ2n) is 3.78. The number of sulfonamides is 1. The summed E-state index contributed by atoms with van der Waals surface area (Å²) in [5.41, 5.74) is 5.58. The van der Waals surface area contributed by atoms with Crippen LogP contribution in [0.3, 0.4) is 0 Å². The predicted molar refractivity (Wildman–Crippen MR) is 60.4 cm³/mol. The maximum absolute atomic E-state index is 11.8. The van der Waals surface area contributed by atoms with Crippen molar-refractivity contribution in [3.8, 4) is 6.07 Å². The molecular weight excluding hydrogens is 246 g/mol. The second-order valence-corrected chi connectivity index (χ2v) is 6.80. The van der Waals surface area contributed by atoms with Gasteiger partial charge in [-0.1, -0.05) is 0 Å². The van der Waals surface area contributed by atoms with E-state index in [4.69, 9.17) is 11.0 Å². The average Bonchev–Trinajstić information content (AvgIpc) is 2.63. The summed E-state index contributed by atoms with van der Waals surface area (Å²) in [6.45, 7) is 0. The van der Waals surface area contributed by atoms with Crippen LogP contribution in [0.25, 0.3) is 0 Å². The number of hydrogen-bond acceptors (Lipinski definition) is 5. The molecule has 1 fully saturated rings. The van der Waals surface area contributed by atoms with Crippen molar-refractivity contribution in [1.82, 2.24) is 4.72 Å². The zero-order valence-electron chi connectivity index (χ0n) is 8.38. The normalized spacial score (nSPS) is 24.8. The molecule has 0 saturated heterocycles. The summed E-state index contributed by atoms with van der Waals surface area (Å²) in [4.78, 5) is 0.394. The molecule has 3 N–H and O–H groups in total. The van der Waals surface area contributed by atoms with Crippen molar-refractivity contribution in [1.29, 1.82) is 5.26 Å². The maximum Gasteiger partial charge on any atom is 0.250 e. The van der Waals surface area contributed by atoms with E-state index in [1.165, 1.54) is 12.1 Å². The topological polar surface area (TPSA) is 96.0 Å². The third-order valence-electron chi connectivity index (χ3n) is 2.45. The molecule has 86 valence electrons. The van der Waals surface area contributed by atoms with E-state index >= 15 is 0 Å². The van der Waals surface area contributed by atoms with Crippen LogP contribution in [0.4, 0.5) is 0 Å². The zero-order valence-corrected chi connectivity index (χ0v) is 10.0. The van der Waals surface area contributed by atoms with Gasteiger partial charge in [0.05, 0.1) is 0 Å². The van der Waals surface area contributed by atoms with Gasteiger partial charge in [-0.05, 0) is 25.0 Å². The highest BCUT2D eigenvalue weighted by molar-refractivity contribution is 7.91. The number of nitrogens with two attached hydrogens (primary N) is 1. The quantitative estimate of drug-likeness (QED) is 0.818. The minimum absolute atomic E-state index is 0.0624. The molecule has 1 saturated carbocycles. The lowest BCUT2D eigenvalue weighted by Gasteiger charge is -2.32. The summed E-state index contributed by atoms with van der Waals surface area (Å²) in [6, 6.07) is 4.91. The van der Waals surface area contributed by atoms with Gasteiger partial charge in [0.1, 0.15) is 15.2 Å². The number of nitrogens with one attached hydrogen (secondary N) is 1. The highest BCUT2D eigenvalue weighted by Crippen LogP contribution is 2.24. The lowest BCUT2D eigenvalue weighted by atomic mass is 9.89. The van der Waals surface area contributed by atoms with E-state index in [9.17, 15) is 8.42 Å². The van der Waals surface area contributed by atoms with Crippen LogP contribution in [-0.4, -0.2) is 20.5 Å². The molecule has 1 heterocycles. The van der Waals surface area contributed by atoms with Crippen molar-refractivity contribution in [2.75, 3.05) is 0 Å². The first-order chi connectivity index (χ1) is 7.51. The van der Waals surface area contributed by atoms with E-state index in [1.54, 1.807) is 0 Å². The molecule has 0 spiro atoms. The third kappa shape index (κ3) is 2.25. The van der Waals surface area contributed by atoms with Gasteiger partial charge in [-0.25, -0.2) is 13.1 Å². The first-order valence-corrected chi connectivity index (χ1v) is 7.09. The molecule has 7 heteroatoms. The molecule has 0 radical (unpaired) electrons. The van der Waals surface area contributed by atoms with E-state index < -0.39 is 10.0 Å². The van der Waals surface area contributed by atoms with Crippen molar-refractivity contribution in [3.63, 3.8) is 0 Å². The van der Waals surface area contributed by atoms with Crippen molar-refractivity contribution >= 4 is 21.4 Å². The van der Waals surface area contributed by atoms with Crippen LogP contribution in [0, 0.1) is 11.3 Å². The van der Waals surface area contributed by atoms with Gasteiger partial charge in [-0.2, -0.15) is 5.26 Å². The minimum Gasteiger partial charge on any atom is -0.328 e. The summed E-state index contributed by atoms with van der Waals surface area (Å²) in [6.07, 6.45) is 1.35. The predicted octanol–water partition coefficient (Wildman–Crippen LogP) is 0.388. The highest BCUT2D eigenvalue weighted by atomic mass is 32.2. The van der Waals surface area contributed by atoms with Gasteiger partial charge >= 0.3 is 0 Å².